The molecule has 0 bridgehead atoms. The third-order valence-electron chi connectivity index (χ3n) is 2.53. The second kappa shape index (κ2) is 9.90. The molecule has 154 valence electrons. The fourth-order valence-corrected chi connectivity index (χ4v) is 2.21. The zero-order chi connectivity index (χ0) is 21.5. The predicted octanol–water partition coefficient (Wildman–Crippen LogP) is 3.87. The second-order valence-corrected chi connectivity index (χ2v) is 14.0. The van der Waals surface area contributed by atoms with Crippen LogP contribution in [0.1, 0.15) is 54.4 Å². The lowest BCUT2D eigenvalue weighted by molar-refractivity contribution is 0.0560. The van der Waals surface area contributed by atoms with Gasteiger partial charge in [0.25, 0.3) is 0 Å². The molecule has 7 nitrogen and oxygen atoms in total. The molecular weight excluding hydrogens is 364 g/mol. The van der Waals surface area contributed by atoms with E-state index in [4.69, 9.17) is 9.47 Å². The lowest BCUT2D eigenvalue weighted by Gasteiger charge is -2.21. The molecular formula is C19H34N2O5Si. The lowest BCUT2D eigenvalue weighted by atomic mass is 10.2. The normalized spacial score (nSPS) is 13.9. The molecule has 2 N–H and O–H groups in total. The molecule has 0 spiro atoms. The maximum Gasteiger partial charge on any atom is 0.435 e. The first kappa shape index (κ1) is 25.1. The quantitative estimate of drug-likeness (QED) is 0.325. The summed E-state index contributed by atoms with van der Waals surface area (Å²) in [6.07, 6.45) is -2.07. The molecule has 0 aliphatic carbocycles. The molecule has 0 aromatic carbocycles. The minimum atomic E-state index is -1.60. The summed E-state index contributed by atoms with van der Waals surface area (Å²) >= 11 is 0. The van der Waals surface area contributed by atoms with E-state index in [1.54, 1.807) is 41.5 Å². The Labute approximate surface area is 163 Å². The summed E-state index contributed by atoms with van der Waals surface area (Å²) in [5.74, 6) is 2.88. The fourth-order valence-electron chi connectivity index (χ4n) is 1.61. The molecule has 0 radical (unpaired) electrons. The van der Waals surface area contributed by atoms with Crippen molar-refractivity contribution in [1.82, 2.24) is 5.32 Å². The summed E-state index contributed by atoms with van der Waals surface area (Å²) in [5, 5.41) is 12.5. The molecule has 1 atom stereocenters. The lowest BCUT2D eigenvalue weighted by Crippen LogP contribution is -2.37. The van der Waals surface area contributed by atoms with Gasteiger partial charge in [-0.3, -0.25) is 5.32 Å². The van der Waals surface area contributed by atoms with Gasteiger partial charge in [-0.2, -0.15) is 4.99 Å². The Balaban J connectivity index is 5.15. The number of carbonyl (C=O) groups excluding carboxylic acids is 2. The van der Waals surface area contributed by atoms with E-state index in [0.29, 0.717) is 0 Å². The van der Waals surface area contributed by atoms with Crippen molar-refractivity contribution in [2.75, 3.05) is 0 Å². The molecule has 0 aromatic heterocycles. The highest BCUT2D eigenvalue weighted by molar-refractivity contribution is 6.83. The average Bonchev–Trinajstić information content (AvgIpc) is 2.37. The smallest absolute Gasteiger partial charge is 0.435 e. The number of aliphatic hydroxyl groups excluding tert-OH is 1. The summed E-state index contributed by atoms with van der Waals surface area (Å²) in [7, 11) is -1.60. The van der Waals surface area contributed by atoms with Gasteiger partial charge in [0.2, 0.25) is 0 Å². The van der Waals surface area contributed by atoms with E-state index in [-0.39, 0.29) is 18.7 Å². The highest BCUT2D eigenvalue weighted by Crippen LogP contribution is 2.10. The first-order valence-electron chi connectivity index (χ1n) is 8.98. The van der Waals surface area contributed by atoms with Crippen molar-refractivity contribution in [3.63, 3.8) is 0 Å². The standard InChI is InChI=1S/C19H34N2O5Si/c1-18(2,3)25-16(23)20-15(21-17(24)26-19(4,5)6)11-10-14(22)12-13-27(7,8)9/h14,22H,10-11H2,1-9H3,(H,20,21,23,24). The summed E-state index contributed by atoms with van der Waals surface area (Å²) in [4.78, 5) is 27.7. The Hall–Kier alpha value is -1.85. The predicted molar refractivity (Wildman–Crippen MR) is 109 cm³/mol. The first-order chi connectivity index (χ1) is 12.0. The van der Waals surface area contributed by atoms with Crippen LogP contribution in [0.25, 0.3) is 0 Å². The van der Waals surface area contributed by atoms with Crippen LogP contribution < -0.4 is 5.32 Å². The Kier molecular flexibility index (Phi) is 9.22. The zero-order valence-electron chi connectivity index (χ0n) is 18.0. The van der Waals surface area contributed by atoms with Gasteiger partial charge in [-0.15, -0.1) is 5.54 Å². The number of rotatable bonds is 3. The molecule has 0 rings (SSSR count). The third-order valence-corrected chi connectivity index (χ3v) is 3.43. The molecule has 0 fully saturated rings. The van der Waals surface area contributed by atoms with Gasteiger partial charge >= 0.3 is 12.2 Å². The van der Waals surface area contributed by atoms with E-state index in [1.807, 2.05) is 0 Å². The van der Waals surface area contributed by atoms with E-state index < -0.39 is 37.6 Å². The number of nitrogens with zero attached hydrogens (tertiary/aromatic N) is 1. The summed E-state index contributed by atoms with van der Waals surface area (Å²) in [6.45, 7) is 16.6. The van der Waals surface area contributed by atoms with Gasteiger partial charge in [0.05, 0.1) is 0 Å². The van der Waals surface area contributed by atoms with Crippen LogP contribution in [-0.2, 0) is 9.47 Å². The second-order valence-electron chi connectivity index (χ2n) is 9.24. The van der Waals surface area contributed by atoms with Gasteiger partial charge in [-0.25, -0.2) is 9.59 Å². The Morgan fingerprint density at radius 2 is 1.59 bits per heavy atom. The van der Waals surface area contributed by atoms with Crippen LogP contribution in [0.2, 0.25) is 19.6 Å². The molecule has 1 unspecified atom stereocenters. The van der Waals surface area contributed by atoms with Gasteiger partial charge in [0, 0.05) is 6.42 Å². The molecule has 27 heavy (non-hydrogen) atoms. The third kappa shape index (κ3) is 16.1. The fraction of sp³-hybridized carbons (Fsp3) is 0.737. The number of alkyl carbamates (subject to hydrolysis) is 1. The Bertz CT molecular complexity index is 613. The van der Waals surface area contributed by atoms with Crippen LogP contribution in [0.5, 0.6) is 0 Å². The van der Waals surface area contributed by atoms with Crippen molar-refractivity contribution < 1.29 is 24.2 Å². The van der Waals surface area contributed by atoms with E-state index in [1.165, 1.54) is 0 Å². The minimum absolute atomic E-state index is 0.0624. The maximum atomic E-state index is 12.0. The monoisotopic (exact) mass is 398 g/mol. The number of amidine groups is 1. The summed E-state index contributed by atoms with van der Waals surface area (Å²) in [6, 6.07) is 0. The largest absolute Gasteiger partial charge is 0.444 e. The van der Waals surface area contributed by atoms with Gasteiger partial charge in [-0.05, 0) is 48.0 Å². The molecule has 0 aliphatic heterocycles. The van der Waals surface area contributed by atoms with Gasteiger partial charge in [0.1, 0.15) is 31.2 Å². The summed E-state index contributed by atoms with van der Waals surface area (Å²) < 4.78 is 10.3. The van der Waals surface area contributed by atoms with E-state index in [2.05, 4.69) is 41.4 Å². The van der Waals surface area contributed by atoms with Gasteiger partial charge in [0.15, 0.2) is 0 Å². The van der Waals surface area contributed by atoms with Crippen LogP contribution >= 0.6 is 0 Å². The highest BCUT2D eigenvalue weighted by Gasteiger charge is 2.20. The number of hydrogen-bond acceptors (Lipinski definition) is 5. The summed E-state index contributed by atoms with van der Waals surface area (Å²) in [5.41, 5.74) is 1.68. The SMILES string of the molecule is CC(C)(C)OC(=O)N=C(CCC(O)C#C[Si](C)(C)C)NC(=O)OC(C)(C)C. The first-order valence-corrected chi connectivity index (χ1v) is 12.5. The molecule has 0 heterocycles. The number of carbonyl (C=O) groups is 2. The number of nitrogens with one attached hydrogen (secondary N) is 1. The van der Waals surface area contributed by atoms with Gasteiger partial charge in [-0.1, -0.05) is 25.6 Å². The van der Waals surface area contributed by atoms with E-state index >= 15 is 0 Å². The van der Waals surface area contributed by atoms with Crippen molar-refractivity contribution in [3.8, 4) is 11.5 Å². The number of amides is 2. The van der Waals surface area contributed by atoms with E-state index in [0.717, 1.165) is 0 Å². The van der Waals surface area contributed by atoms with Crippen molar-refractivity contribution in [3.05, 3.63) is 0 Å². The molecule has 0 aromatic rings. The number of aliphatic imine (C=N–C) groups is 1. The highest BCUT2D eigenvalue weighted by atomic mass is 28.3. The number of aliphatic hydroxyl groups is 1. The van der Waals surface area contributed by atoms with Crippen LogP contribution in [0.3, 0.4) is 0 Å². The number of ether oxygens (including phenoxy) is 2. The van der Waals surface area contributed by atoms with Crippen molar-refractivity contribution in [1.29, 1.82) is 0 Å². The topological polar surface area (TPSA) is 97.2 Å². The van der Waals surface area contributed by atoms with Crippen molar-refractivity contribution >= 4 is 26.1 Å². The molecule has 0 aliphatic rings. The molecule has 0 saturated heterocycles. The molecule has 8 heteroatoms. The maximum absolute atomic E-state index is 12.0. The Morgan fingerprint density at radius 3 is 2.04 bits per heavy atom. The zero-order valence-corrected chi connectivity index (χ0v) is 19.0. The van der Waals surface area contributed by atoms with E-state index in [9.17, 15) is 14.7 Å². The van der Waals surface area contributed by atoms with Crippen LogP contribution in [-0.4, -0.2) is 48.5 Å². The average molecular weight is 399 g/mol. The van der Waals surface area contributed by atoms with Crippen LogP contribution in [0.15, 0.2) is 4.99 Å². The van der Waals surface area contributed by atoms with Crippen molar-refractivity contribution in [2.24, 2.45) is 4.99 Å². The molecule has 2 amide bonds. The minimum Gasteiger partial charge on any atom is -0.444 e. The molecule has 0 saturated carbocycles. The van der Waals surface area contributed by atoms with Crippen LogP contribution in [0.4, 0.5) is 9.59 Å². The number of hydrogen-bond donors (Lipinski definition) is 2. The van der Waals surface area contributed by atoms with Gasteiger partial charge < -0.3 is 14.6 Å². The van der Waals surface area contributed by atoms with Crippen molar-refractivity contribution in [2.45, 2.75) is 91.3 Å². The Morgan fingerprint density at radius 1 is 1.07 bits per heavy atom. The van der Waals surface area contributed by atoms with Crippen LogP contribution in [0, 0.1) is 11.5 Å².